The monoisotopic (exact) mass is 302 g/mol. The normalized spacial score (nSPS) is 14.6. The van der Waals surface area contributed by atoms with Crippen molar-refractivity contribution in [1.29, 1.82) is 0 Å². The van der Waals surface area contributed by atoms with Gasteiger partial charge in [0, 0.05) is 10.9 Å². The molecule has 1 aromatic rings. The van der Waals surface area contributed by atoms with Crippen molar-refractivity contribution in [3.63, 3.8) is 0 Å². The highest BCUT2D eigenvalue weighted by atomic mass is 79.9. The Morgan fingerprint density at radius 3 is 2.71 bits per heavy atom. The highest BCUT2D eigenvalue weighted by Gasteiger charge is 2.22. The molecule has 1 aromatic carbocycles. The summed E-state index contributed by atoms with van der Waals surface area (Å²) in [6, 6.07) is 4.84. The van der Waals surface area contributed by atoms with E-state index in [0.717, 1.165) is 23.7 Å². The van der Waals surface area contributed by atoms with Gasteiger partial charge in [-0.15, -0.1) is 0 Å². The summed E-state index contributed by atoms with van der Waals surface area (Å²) in [6.45, 7) is 3.91. The van der Waals surface area contributed by atoms with Crippen molar-refractivity contribution in [2.24, 2.45) is 0 Å². The lowest BCUT2D eigenvalue weighted by atomic mass is 9.91. The summed E-state index contributed by atoms with van der Waals surface area (Å²) in [5.74, 6) is -0.246. The molecule has 1 atom stereocenters. The molecule has 0 aromatic heterocycles. The maximum atomic E-state index is 13.6. The van der Waals surface area contributed by atoms with Crippen LogP contribution in [0.5, 0.6) is 0 Å². The van der Waals surface area contributed by atoms with E-state index in [9.17, 15) is 9.50 Å². The molecule has 17 heavy (non-hydrogen) atoms. The fourth-order valence-corrected chi connectivity index (χ4v) is 2.34. The fourth-order valence-electron chi connectivity index (χ4n) is 1.93. The lowest BCUT2D eigenvalue weighted by Gasteiger charge is -2.23. The first-order valence-electron chi connectivity index (χ1n) is 6.11. The molecule has 1 rings (SSSR count). The number of hydrogen-bond acceptors (Lipinski definition) is 1. The van der Waals surface area contributed by atoms with Crippen molar-refractivity contribution in [3.8, 4) is 0 Å². The van der Waals surface area contributed by atoms with Crippen molar-refractivity contribution in [1.82, 2.24) is 0 Å². The van der Waals surface area contributed by atoms with Crippen LogP contribution in [0.25, 0.3) is 0 Å². The van der Waals surface area contributed by atoms with Gasteiger partial charge in [0.1, 0.15) is 5.82 Å². The summed E-state index contributed by atoms with van der Waals surface area (Å²) in [5, 5.41) is 10.2. The van der Waals surface area contributed by atoms with E-state index in [-0.39, 0.29) is 5.82 Å². The van der Waals surface area contributed by atoms with Crippen molar-refractivity contribution in [2.45, 2.75) is 51.6 Å². The smallest absolute Gasteiger partial charge is 0.126 e. The minimum Gasteiger partial charge on any atom is -0.390 e. The zero-order valence-corrected chi connectivity index (χ0v) is 12.1. The van der Waals surface area contributed by atoms with Crippen LogP contribution in [0.4, 0.5) is 4.39 Å². The second kappa shape index (κ2) is 6.50. The van der Waals surface area contributed by atoms with Crippen LogP contribution in [0.2, 0.25) is 0 Å². The Kier molecular flexibility index (Phi) is 5.60. The van der Waals surface area contributed by atoms with Gasteiger partial charge in [0.05, 0.1) is 5.60 Å². The van der Waals surface area contributed by atoms with Gasteiger partial charge in [-0.1, -0.05) is 42.1 Å². The van der Waals surface area contributed by atoms with Gasteiger partial charge in [-0.3, -0.25) is 0 Å². The highest BCUT2D eigenvalue weighted by Crippen LogP contribution is 2.24. The summed E-state index contributed by atoms with van der Waals surface area (Å²) in [4.78, 5) is 0. The van der Waals surface area contributed by atoms with Crippen LogP contribution in [-0.2, 0) is 6.42 Å². The van der Waals surface area contributed by atoms with Crippen LogP contribution in [0.15, 0.2) is 22.7 Å². The van der Waals surface area contributed by atoms with E-state index < -0.39 is 5.60 Å². The van der Waals surface area contributed by atoms with E-state index in [4.69, 9.17) is 0 Å². The molecule has 96 valence electrons. The Labute approximate surface area is 111 Å². The second-order valence-corrected chi connectivity index (χ2v) is 5.78. The topological polar surface area (TPSA) is 20.2 Å². The maximum Gasteiger partial charge on any atom is 0.126 e. The summed E-state index contributed by atoms with van der Waals surface area (Å²) < 4.78 is 14.4. The molecule has 0 saturated heterocycles. The minimum absolute atomic E-state index is 0.246. The lowest BCUT2D eigenvalue weighted by molar-refractivity contribution is 0.0477. The summed E-state index contributed by atoms with van der Waals surface area (Å²) >= 11 is 3.32. The van der Waals surface area contributed by atoms with Crippen molar-refractivity contribution in [3.05, 3.63) is 34.1 Å². The number of benzene rings is 1. The minimum atomic E-state index is -0.823. The number of aliphatic hydroxyl groups is 1. The molecule has 1 nitrogen and oxygen atoms in total. The largest absolute Gasteiger partial charge is 0.390 e. The molecule has 0 aliphatic heterocycles. The number of halogens is 2. The van der Waals surface area contributed by atoms with Gasteiger partial charge < -0.3 is 5.11 Å². The van der Waals surface area contributed by atoms with Gasteiger partial charge in [0.15, 0.2) is 0 Å². The second-order valence-electron chi connectivity index (χ2n) is 4.87. The van der Waals surface area contributed by atoms with Crippen LogP contribution in [0.1, 0.15) is 45.1 Å². The van der Waals surface area contributed by atoms with Crippen LogP contribution in [0, 0.1) is 5.82 Å². The maximum absolute atomic E-state index is 13.6. The van der Waals surface area contributed by atoms with E-state index in [1.54, 1.807) is 19.1 Å². The average Bonchev–Trinajstić information content (AvgIpc) is 2.23. The lowest BCUT2D eigenvalue weighted by Crippen LogP contribution is -2.27. The van der Waals surface area contributed by atoms with Crippen LogP contribution < -0.4 is 0 Å². The van der Waals surface area contributed by atoms with Gasteiger partial charge in [0.2, 0.25) is 0 Å². The Morgan fingerprint density at radius 2 is 2.06 bits per heavy atom. The molecular weight excluding hydrogens is 283 g/mol. The van der Waals surface area contributed by atoms with Gasteiger partial charge in [-0.25, -0.2) is 4.39 Å². The van der Waals surface area contributed by atoms with E-state index in [0.29, 0.717) is 18.4 Å². The Morgan fingerprint density at radius 1 is 1.35 bits per heavy atom. The molecule has 0 radical (unpaired) electrons. The molecule has 0 heterocycles. The van der Waals surface area contributed by atoms with Gasteiger partial charge in [0.25, 0.3) is 0 Å². The zero-order valence-electron chi connectivity index (χ0n) is 10.5. The van der Waals surface area contributed by atoms with Gasteiger partial charge in [-0.2, -0.15) is 0 Å². The quantitative estimate of drug-likeness (QED) is 0.769. The van der Waals surface area contributed by atoms with Crippen LogP contribution in [-0.4, -0.2) is 10.7 Å². The molecule has 1 N–H and O–H groups in total. The Balaban J connectivity index is 2.65. The fraction of sp³-hybridized carbons (Fsp3) is 0.571. The van der Waals surface area contributed by atoms with E-state index in [1.807, 2.05) is 0 Å². The first-order valence-corrected chi connectivity index (χ1v) is 6.90. The van der Waals surface area contributed by atoms with Gasteiger partial charge >= 0.3 is 0 Å². The highest BCUT2D eigenvalue weighted by molar-refractivity contribution is 9.10. The van der Waals surface area contributed by atoms with E-state index in [1.165, 1.54) is 6.07 Å². The number of rotatable bonds is 6. The predicted octanol–water partition coefficient (Wildman–Crippen LogP) is 4.46. The van der Waals surface area contributed by atoms with Crippen molar-refractivity contribution in [2.75, 3.05) is 0 Å². The molecule has 0 amide bonds. The third kappa shape index (κ3) is 5.17. The van der Waals surface area contributed by atoms with Crippen LogP contribution in [0.3, 0.4) is 0 Å². The number of unbranched alkanes of at least 4 members (excludes halogenated alkanes) is 2. The summed E-state index contributed by atoms with van der Waals surface area (Å²) in [6.07, 6.45) is 4.30. The summed E-state index contributed by atoms with van der Waals surface area (Å²) in [5.41, 5.74) is -0.252. The first kappa shape index (κ1) is 14.7. The average molecular weight is 303 g/mol. The standard InChI is InChI=1S/C14H20BrFO/c1-3-4-5-8-14(2,17)10-11-9-12(15)6-7-13(11)16/h6-7,9,17H,3-5,8,10H2,1-2H3. The van der Waals surface area contributed by atoms with Crippen molar-refractivity contribution >= 4 is 15.9 Å². The van der Waals surface area contributed by atoms with E-state index in [2.05, 4.69) is 22.9 Å². The Hall–Kier alpha value is -0.410. The molecule has 0 saturated carbocycles. The SMILES string of the molecule is CCCCCC(C)(O)Cc1cc(Br)ccc1F. The van der Waals surface area contributed by atoms with Gasteiger partial charge in [-0.05, 0) is 37.1 Å². The third-order valence-corrected chi connectivity index (χ3v) is 3.39. The van der Waals surface area contributed by atoms with Crippen molar-refractivity contribution < 1.29 is 9.50 Å². The molecule has 0 spiro atoms. The molecule has 1 unspecified atom stereocenters. The molecule has 0 aliphatic carbocycles. The molecule has 0 fully saturated rings. The molecule has 0 bridgehead atoms. The van der Waals surface area contributed by atoms with Crippen LogP contribution >= 0.6 is 15.9 Å². The molecular formula is C14H20BrFO. The number of hydrogen-bond donors (Lipinski definition) is 1. The third-order valence-electron chi connectivity index (χ3n) is 2.90. The first-order chi connectivity index (χ1) is 7.94. The Bertz CT molecular complexity index is 363. The molecule has 0 aliphatic rings. The predicted molar refractivity (Wildman–Crippen MR) is 72.6 cm³/mol. The van der Waals surface area contributed by atoms with E-state index >= 15 is 0 Å². The summed E-state index contributed by atoms with van der Waals surface area (Å²) in [7, 11) is 0. The molecule has 3 heteroatoms. The zero-order chi connectivity index (χ0) is 12.9.